The number of nitrogens with zero attached hydrogens (tertiary/aromatic N) is 3. The van der Waals surface area contributed by atoms with Gasteiger partial charge in [0, 0.05) is 49.2 Å². The number of fused-ring (bicyclic) bond motifs is 1. The second-order valence-electron chi connectivity index (χ2n) is 12.8. The van der Waals surface area contributed by atoms with Crippen LogP contribution in [0.3, 0.4) is 0 Å². The maximum atomic E-state index is 14.1. The molecule has 1 saturated heterocycles. The number of carbonyl (C=O) groups is 2. The number of benzene rings is 3. The second kappa shape index (κ2) is 13.2. The quantitative estimate of drug-likeness (QED) is 0.207. The van der Waals surface area contributed by atoms with Gasteiger partial charge in [0.25, 0.3) is 5.91 Å². The molecule has 2 N–H and O–H groups in total. The molecule has 4 aromatic rings. The first-order valence-electron chi connectivity index (χ1n) is 15.0. The number of carbonyl (C=O) groups excluding carboxylic acids is 2. The molecule has 5 rings (SSSR count). The average molecular weight is 673 g/mol. The van der Waals surface area contributed by atoms with E-state index >= 15 is 0 Å². The molecule has 0 atom stereocenters. The summed E-state index contributed by atoms with van der Waals surface area (Å²) in [6.07, 6.45) is 2.37. The van der Waals surface area contributed by atoms with E-state index in [2.05, 4.69) is 22.5 Å². The number of piperidine rings is 1. The van der Waals surface area contributed by atoms with Crippen LogP contribution in [-0.2, 0) is 24.8 Å². The minimum atomic E-state index is -0.609. The molecular weight excluding hydrogens is 636 g/mol. The van der Waals surface area contributed by atoms with Gasteiger partial charge in [0.15, 0.2) is 0 Å². The Morgan fingerprint density at radius 1 is 1.02 bits per heavy atom. The van der Waals surface area contributed by atoms with Crippen molar-refractivity contribution in [3.63, 3.8) is 0 Å². The van der Waals surface area contributed by atoms with Crippen LogP contribution in [-0.4, -0.2) is 34.5 Å². The highest BCUT2D eigenvalue weighted by Crippen LogP contribution is 2.34. The SMILES string of the molecule is CC1CCN(c2cc3c(cc2C(=O)Nc2ccc(Cl)c(F)c2)nc(Cc2c(Cl)ccc(CNC(=O)C(C)(C)C)c2Cl)n3C)CC1. The molecule has 3 aromatic carbocycles. The van der Waals surface area contributed by atoms with Crippen molar-refractivity contribution in [2.45, 2.75) is 53.5 Å². The summed E-state index contributed by atoms with van der Waals surface area (Å²) in [7, 11) is 1.93. The Morgan fingerprint density at radius 2 is 1.71 bits per heavy atom. The summed E-state index contributed by atoms with van der Waals surface area (Å²) in [5.41, 5.74) is 3.97. The predicted octanol–water partition coefficient (Wildman–Crippen LogP) is 8.41. The van der Waals surface area contributed by atoms with E-state index in [0.29, 0.717) is 50.5 Å². The van der Waals surface area contributed by atoms with Crippen LogP contribution < -0.4 is 15.5 Å². The van der Waals surface area contributed by atoms with E-state index in [1.54, 1.807) is 18.2 Å². The van der Waals surface area contributed by atoms with Gasteiger partial charge in [-0.2, -0.15) is 0 Å². The molecular formula is C34H37Cl3FN5O2. The zero-order valence-electron chi connectivity index (χ0n) is 26.0. The first-order chi connectivity index (χ1) is 21.2. The van der Waals surface area contributed by atoms with Crippen LogP contribution in [0.5, 0.6) is 0 Å². The third-order valence-corrected chi connectivity index (χ3v) is 9.49. The molecule has 0 bridgehead atoms. The van der Waals surface area contributed by atoms with Crippen molar-refractivity contribution in [1.29, 1.82) is 0 Å². The number of anilines is 2. The minimum Gasteiger partial charge on any atom is -0.371 e. The monoisotopic (exact) mass is 671 g/mol. The van der Waals surface area contributed by atoms with E-state index in [9.17, 15) is 14.0 Å². The number of aromatic nitrogens is 2. The number of aryl methyl sites for hydroxylation is 1. The van der Waals surface area contributed by atoms with Gasteiger partial charge in [-0.1, -0.05) is 68.6 Å². The Kier molecular flexibility index (Phi) is 9.68. The van der Waals surface area contributed by atoms with Crippen LogP contribution in [0.4, 0.5) is 15.8 Å². The van der Waals surface area contributed by atoms with Crippen LogP contribution in [0.15, 0.2) is 42.5 Å². The number of nitrogens with one attached hydrogen (secondary N) is 2. The summed E-state index contributed by atoms with van der Waals surface area (Å²) in [5.74, 6) is 0.262. The van der Waals surface area contributed by atoms with Crippen LogP contribution in [0, 0.1) is 17.2 Å². The number of imidazole rings is 1. The zero-order chi connectivity index (χ0) is 32.6. The normalized spacial score (nSPS) is 14.2. The fraction of sp³-hybridized carbons (Fsp3) is 0.382. The highest BCUT2D eigenvalue weighted by molar-refractivity contribution is 6.36. The Hall–Kier alpha value is -3.33. The molecule has 1 fully saturated rings. The topological polar surface area (TPSA) is 79.3 Å². The highest BCUT2D eigenvalue weighted by atomic mass is 35.5. The maximum absolute atomic E-state index is 14.1. The third kappa shape index (κ3) is 7.24. The molecule has 45 heavy (non-hydrogen) atoms. The van der Waals surface area contributed by atoms with E-state index in [-0.39, 0.29) is 23.4 Å². The van der Waals surface area contributed by atoms with Gasteiger partial charge in [-0.3, -0.25) is 9.59 Å². The summed E-state index contributed by atoms with van der Waals surface area (Å²) in [6.45, 7) is 9.70. The fourth-order valence-corrected chi connectivity index (χ4v) is 6.13. The summed E-state index contributed by atoms with van der Waals surface area (Å²) >= 11 is 19.3. The third-order valence-electron chi connectivity index (χ3n) is 8.36. The lowest BCUT2D eigenvalue weighted by Gasteiger charge is -2.33. The Labute approximate surface area is 278 Å². The van der Waals surface area contributed by atoms with Gasteiger partial charge in [-0.05, 0) is 66.3 Å². The zero-order valence-corrected chi connectivity index (χ0v) is 28.3. The maximum Gasteiger partial charge on any atom is 0.257 e. The summed E-state index contributed by atoms with van der Waals surface area (Å²) in [6, 6.07) is 11.6. The molecule has 0 saturated carbocycles. The summed E-state index contributed by atoms with van der Waals surface area (Å²) < 4.78 is 16.1. The molecule has 1 aliphatic heterocycles. The lowest BCUT2D eigenvalue weighted by molar-refractivity contribution is -0.128. The number of amides is 2. The molecule has 0 unspecified atom stereocenters. The average Bonchev–Trinajstić information content (AvgIpc) is 3.29. The summed E-state index contributed by atoms with van der Waals surface area (Å²) in [4.78, 5) is 33.3. The molecule has 2 amide bonds. The number of halogens is 4. The molecule has 7 nitrogen and oxygen atoms in total. The van der Waals surface area contributed by atoms with Gasteiger partial charge in [-0.25, -0.2) is 9.37 Å². The van der Waals surface area contributed by atoms with Gasteiger partial charge >= 0.3 is 0 Å². The van der Waals surface area contributed by atoms with Crippen molar-refractivity contribution in [2.24, 2.45) is 18.4 Å². The molecule has 0 spiro atoms. The van der Waals surface area contributed by atoms with Crippen molar-refractivity contribution in [3.05, 3.63) is 85.9 Å². The molecule has 11 heteroatoms. The number of rotatable bonds is 7. The number of hydrogen-bond donors (Lipinski definition) is 2. The van der Waals surface area contributed by atoms with Gasteiger partial charge < -0.3 is 20.1 Å². The minimum absolute atomic E-state index is 0.0149. The second-order valence-corrected chi connectivity index (χ2v) is 14.0. The van der Waals surface area contributed by atoms with E-state index in [1.807, 2.05) is 44.5 Å². The van der Waals surface area contributed by atoms with E-state index in [0.717, 1.165) is 42.7 Å². The van der Waals surface area contributed by atoms with Crippen molar-refractivity contribution < 1.29 is 14.0 Å². The summed E-state index contributed by atoms with van der Waals surface area (Å²) in [5, 5.41) is 6.73. The van der Waals surface area contributed by atoms with Crippen LogP contribution >= 0.6 is 34.8 Å². The van der Waals surface area contributed by atoms with Crippen molar-refractivity contribution >= 4 is 69.0 Å². The Balaban J connectivity index is 1.50. The van der Waals surface area contributed by atoms with Crippen molar-refractivity contribution in [1.82, 2.24) is 14.9 Å². The van der Waals surface area contributed by atoms with Crippen LogP contribution in [0.1, 0.15) is 67.8 Å². The van der Waals surface area contributed by atoms with E-state index < -0.39 is 11.2 Å². The van der Waals surface area contributed by atoms with Gasteiger partial charge in [-0.15, -0.1) is 0 Å². The van der Waals surface area contributed by atoms with Crippen molar-refractivity contribution in [3.8, 4) is 0 Å². The first-order valence-corrected chi connectivity index (χ1v) is 16.1. The van der Waals surface area contributed by atoms with Crippen molar-refractivity contribution in [2.75, 3.05) is 23.3 Å². The molecule has 0 radical (unpaired) electrons. The van der Waals surface area contributed by atoms with Crippen LogP contribution in [0.2, 0.25) is 15.1 Å². The molecule has 0 aliphatic carbocycles. The van der Waals surface area contributed by atoms with Crippen LogP contribution in [0.25, 0.3) is 11.0 Å². The van der Waals surface area contributed by atoms with Gasteiger partial charge in [0.1, 0.15) is 11.6 Å². The Morgan fingerprint density at radius 3 is 2.38 bits per heavy atom. The predicted molar refractivity (Wildman–Crippen MR) is 181 cm³/mol. The number of hydrogen-bond acceptors (Lipinski definition) is 4. The first kappa shape index (κ1) is 33.0. The highest BCUT2D eigenvalue weighted by Gasteiger charge is 2.25. The molecule has 2 heterocycles. The lowest BCUT2D eigenvalue weighted by atomic mass is 9.95. The smallest absolute Gasteiger partial charge is 0.257 e. The lowest BCUT2D eigenvalue weighted by Crippen LogP contribution is -2.34. The van der Waals surface area contributed by atoms with E-state index in [4.69, 9.17) is 39.8 Å². The van der Waals surface area contributed by atoms with E-state index in [1.165, 1.54) is 12.1 Å². The van der Waals surface area contributed by atoms with Gasteiger partial charge in [0.2, 0.25) is 5.91 Å². The standard InChI is InChI=1S/C34H37Cl3FN5O2/c1-19-10-12-43(13-11-19)28-17-29-27(15-23(28)32(44)40-21-7-9-25(36)26(38)14-21)41-30(42(29)5)16-22-24(35)8-6-20(31(22)37)18-39-33(45)34(2,3)4/h6-9,14-15,17,19H,10-13,16,18H2,1-5H3,(H,39,45)(H,40,44). The molecule has 1 aromatic heterocycles. The Bertz CT molecular complexity index is 1770. The molecule has 238 valence electrons. The fourth-order valence-electron chi connectivity index (χ4n) is 5.44. The molecule has 1 aliphatic rings. The largest absolute Gasteiger partial charge is 0.371 e. The van der Waals surface area contributed by atoms with Gasteiger partial charge in [0.05, 0.1) is 32.3 Å².